The van der Waals surface area contributed by atoms with Gasteiger partial charge in [-0.2, -0.15) is 0 Å². The van der Waals surface area contributed by atoms with Gasteiger partial charge in [-0.15, -0.1) is 0 Å². The first-order valence-electron chi connectivity index (χ1n) is 11.0. The Kier molecular flexibility index (Phi) is 5.95. The van der Waals surface area contributed by atoms with Gasteiger partial charge in [-0.3, -0.25) is 9.59 Å². The Bertz CT molecular complexity index is 1380. The Hall–Kier alpha value is -4.58. The lowest BCUT2D eigenvalue weighted by atomic mass is 10.1. The predicted molar refractivity (Wildman–Crippen MR) is 132 cm³/mol. The molecule has 0 saturated carbocycles. The van der Waals surface area contributed by atoms with Crippen molar-refractivity contribution in [3.05, 3.63) is 120 Å². The summed E-state index contributed by atoms with van der Waals surface area (Å²) in [5, 5.41) is 7.81. The molecule has 0 fully saturated rings. The Morgan fingerprint density at radius 3 is 1.38 bits per heavy atom. The third-order valence-corrected chi connectivity index (χ3v) is 5.59. The van der Waals surface area contributed by atoms with E-state index in [-0.39, 0.29) is 11.8 Å². The average Bonchev–Trinajstić information content (AvgIpc) is 2.90. The molecule has 2 N–H and O–H groups in total. The number of para-hydroxylation sites is 2. The summed E-state index contributed by atoms with van der Waals surface area (Å²) >= 11 is 0. The maximum Gasteiger partial charge on any atom is 0.270 e. The van der Waals surface area contributed by atoms with E-state index in [0.29, 0.717) is 24.5 Å². The lowest BCUT2D eigenvalue weighted by Crippen LogP contribution is -2.24. The number of amides is 2. The minimum atomic E-state index is -0.218. The molecule has 0 radical (unpaired) electrons. The van der Waals surface area contributed by atoms with E-state index in [2.05, 4.69) is 20.6 Å². The summed E-state index contributed by atoms with van der Waals surface area (Å²) in [4.78, 5) is 33.8. The Morgan fingerprint density at radius 1 is 0.529 bits per heavy atom. The van der Waals surface area contributed by atoms with Gasteiger partial charge in [-0.1, -0.05) is 72.8 Å². The van der Waals surface area contributed by atoms with Gasteiger partial charge >= 0.3 is 0 Å². The van der Waals surface area contributed by atoms with E-state index in [0.717, 1.165) is 32.9 Å². The van der Waals surface area contributed by atoms with Crippen molar-refractivity contribution in [1.29, 1.82) is 0 Å². The van der Waals surface area contributed by atoms with Crippen LogP contribution in [0, 0.1) is 0 Å². The molecule has 2 amide bonds. The van der Waals surface area contributed by atoms with E-state index in [1.807, 2.05) is 84.9 Å². The summed E-state index contributed by atoms with van der Waals surface area (Å²) in [6.45, 7) is 0.780. The lowest BCUT2D eigenvalue weighted by molar-refractivity contribution is 0.0938. The Balaban J connectivity index is 1.15. The summed E-state index contributed by atoms with van der Waals surface area (Å²) in [6, 6.07) is 30.4. The van der Waals surface area contributed by atoms with Crippen LogP contribution in [0.15, 0.2) is 97.1 Å². The van der Waals surface area contributed by atoms with Crippen LogP contribution in [0.1, 0.15) is 32.1 Å². The number of fused-ring (bicyclic) bond motifs is 2. The second-order valence-electron chi connectivity index (χ2n) is 7.96. The maximum atomic E-state index is 12.5. The van der Waals surface area contributed by atoms with Crippen LogP contribution in [-0.4, -0.2) is 21.8 Å². The third kappa shape index (κ3) is 4.76. The van der Waals surface area contributed by atoms with E-state index >= 15 is 0 Å². The standard InChI is InChI=1S/C28H22N4O2/c33-27(25-15-13-21-5-1-3-7-23(21)31-25)29-17-19-9-11-20(12-10-19)18-30-28(34)26-16-14-22-6-2-4-8-24(22)32-26/h1-16H,17-18H2,(H,29,33)(H,30,34). The molecule has 0 unspecified atom stereocenters. The van der Waals surface area contributed by atoms with Gasteiger partial charge < -0.3 is 10.6 Å². The number of benzene rings is 3. The molecular weight excluding hydrogens is 424 g/mol. The summed E-state index contributed by atoms with van der Waals surface area (Å²) in [5.74, 6) is -0.435. The number of aromatic nitrogens is 2. The minimum absolute atomic E-state index is 0.218. The normalized spacial score (nSPS) is 10.8. The zero-order valence-electron chi connectivity index (χ0n) is 18.4. The molecule has 0 aliphatic carbocycles. The van der Waals surface area contributed by atoms with Crippen molar-refractivity contribution in [2.24, 2.45) is 0 Å². The first-order chi connectivity index (χ1) is 16.7. The first kappa shape index (κ1) is 21.3. The second-order valence-corrected chi connectivity index (χ2v) is 7.96. The van der Waals surface area contributed by atoms with Crippen LogP contribution in [0.3, 0.4) is 0 Å². The summed E-state index contributed by atoms with van der Waals surface area (Å²) < 4.78 is 0. The highest BCUT2D eigenvalue weighted by molar-refractivity contribution is 5.95. The number of rotatable bonds is 6. The SMILES string of the molecule is O=C(NCc1ccc(CNC(=O)c2ccc3ccccc3n2)cc1)c1ccc2ccccc2n1. The molecule has 0 spiro atoms. The number of pyridine rings is 2. The Morgan fingerprint density at radius 2 is 0.941 bits per heavy atom. The molecule has 3 aromatic carbocycles. The van der Waals surface area contributed by atoms with Crippen LogP contribution in [0.4, 0.5) is 0 Å². The highest BCUT2D eigenvalue weighted by atomic mass is 16.2. The van der Waals surface area contributed by atoms with E-state index in [9.17, 15) is 9.59 Å². The van der Waals surface area contributed by atoms with Gasteiger partial charge in [0.2, 0.25) is 0 Å². The zero-order valence-corrected chi connectivity index (χ0v) is 18.4. The highest BCUT2D eigenvalue weighted by Gasteiger charge is 2.09. The number of nitrogens with one attached hydrogen (secondary N) is 2. The quantitative estimate of drug-likeness (QED) is 0.398. The van der Waals surface area contributed by atoms with Crippen molar-refractivity contribution in [3.8, 4) is 0 Å². The van der Waals surface area contributed by atoms with Crippen LogP contribution in [0.2, 0.25) is 0 Å². The van der Waals surface area contributed by atoms with Crippen LogP contribution < -0.4 is 10.6 Å². The van der Waals surface area contributed by atoms with Crippen LogP contribution in [-0.2, 0) is 13.1 Å². The van der Waals surface area contributed by atoms with Crippen LogP contribution in [0.5, 0.6) is 0 Å². The minimum Gasteiger partial charge on any atom is -0.347 e. The fourth-order valence-electron chi connectivity index (χ4n) is 3.71. The third-order valence-electron chi connectivity index (χ3n) is 5.59. The number of carbonyl (C=O) groups excluding carboxylic acids is 2. The molecule has 166 valence electrons. The highest BCUT2D eigenvalue weighted by Crippen LogP contribution is 2.13. The molecule has 0 aliphatic rings. The van der Waals surface area contributed by atoms with Crippen molar-refractivity contribution >= 4 is 33.6 Å². The van der Waals surface area contributed by atoms with E-state index in [4.69, 9.17) is 0 Å². The molecular formula is C28H22N4O2. The van der Waals surface area contributed by atoms with E-state index in [1.54, 1.807) is 12.1 Å². The summed E-state index contributed by atoms with van der Waals surface area (Å²) in [7, 11) is 0. The lowest BCUT2D eigenvalue weighted by Gasteiger charge is -2.08. The van der Waals surface area contributed by atoms with Gasteiger partial charge in [-0.25, -0.2) is 9.97 Å². The molecule has 34 heavy (non-hydrogen) atoms. The fourth-order valence-corrected chi connectivity index (χ4v) is 3.71. The number of hydrogen-bond acceptors (Lipinski definition) is 4. The smallest absolute Gasteiger partial charge is 0.270 e. The maximum absolute atomic E-state index is 12.5. The molecule has 0 atom stereocenters. The average molecular weight is 447 g/mol. The van der Waals surface area contributed by atoms with Crippen molar-refractivity contribution < 1.29 is 9.59 Å². The Labute approximate surface area is 196 Å². The number of hydrogen-bond donors (Lipinski definition) is 2. The van der Waals surface area contributed by atoms with Gasteiger partial charge in [0.05, 0.1) is 11.0 Å². The van der Waals surface area contributed by atoms with Crippen LogP contribution in [0.25, 0.3) is 21.8 Å². The largest absolute Gasteiger partial charge is 0.347 e. The van der Waals surface area contributed by atoms with Crippen molar-refractivity contribution in [2.75, 3.05) is 0 Å². The molecule has 5 aromatic rings. The molecule has 6 heteroatoms. The molecule has 0 bridgehead atoms. The monoisotopic (exact) mass is 446 g/mol. The van der Waals surface area contributed by atoms with Gasteiger partial charge in [0.25, 0.3) is 11.8 Å². The van der Waals surface area contributed by atoms with E-state index < -0.39 is 0 Å². The molecule has 2 aromatic heterocycles. The molecule has 0 saturated heterocycles. The summed E-state index contributed by atoms with van der Waals surface area (Å²) in [6.07, 6.45) is 0. The van der Waals surface area contributed by atoms with Gasteiger partial charge in [0.15, 0.2) is 0 Å². The van der Waals surface area contributed by atoms with Crippen LogP contribution >= 0.6 is 0 Å². The van der Waals surface area contributed by atoms with E-state index in [1.165, 1.54) is 0 Å². The molecule has 2 heterocycles. The van der Waals surface area contributed by atoms with Crippen molar-refractivity contribution in [2.45, 2.75) is 13.1 Å². The van der Waals surface area contributed by atoms with Crippen molar-refractivity contribution in [3.63, 3.8) is 0 Å². The second kappa shape index (κ2) is 9.50. The molecule has 5 rings (SSSR count). The zero-order chi connectivity index (χ0) is 23.3. The predicted octanol–water partition coefficient (Wildman–Crippen LogP) is 4.64. The number of carbonyl (C=O) groups is 2. The molecule has 6 nitrogen and oxygen atoms in total. The molecule has 0 aliphatic heterocycles. The fraction of sp³-hybridized carbons (Fsp3) is 0.0714. The summed E-state index contributed by atoms with van der Waals surface area (Å²) in [5.41, 5.74) is 4.28. The van der Waals surface area contributed by atoms with Gasteiger partial charge in [0, 0.05) is 23.9 Å². The first-order valence-corrected chi connectivity index (χ1v) is 11.0. The number of nitrogens with zero attached hydrogens (tertiary/aromatic N) is 2. The van der Waals surface area contributed by atoms with Gasteiger partial charge in [-0.05, 0) is 35.4 Å². The van der Waals surface area contributed by atoms with Crippen molar-refractivity contribution in [1.82, 2.24) is 20.6 Å². The topological polar surface area (TPSA) is 84.0 Å². The van der Waals surface area contributed by atoms with Gasteiger partial charge in [0.1, 0.15) is 11.4 Å².